The second-order valence-electron chi connectivity index (χ2n) is 3.95. The van der Waals surface area contributed by atoms with E-state index in [9.17, 15) is 0 Å². The monoisotopic (exact) mass is 231 g/mol. The molecule has 90 valence electrons. The molecule has 4 nitrogen and oxygen atoms in total. The van der Waals surface area contributed by atoms with Gasteiger partial charge in [0, 0.05) is 19.0 Å². The van der Waals surface area contributed by atoms with Crippen molar-refractivity contribution >= 4 is 11.0 Å². The van der Waals surface area contributed by atoms with Gasteiger partial charge in [-0.25, -0.2) is 0 Å². The largest absolute Gasteiger partial charge is 0.379 e. The zero-order valence-corrected chi connectivity index (χ0v) is 9.97. The Labute approximate surface area is 101 Å². The molecule has 1 aromatic heterocycles. The summed E-state index contributed by atoms with van der Waals surface area (Å²) in [4.78, 5) is 8.59. The number of hydrogen-bond acceptors (Lipinski definition) is 4. The first kappa shape index (κ1) is 12.0. The summed E-state index contributed by atoms with van der Waals surface area (Å²) in [6.45, 7) is 3.34. The van der Waals surface area contributed by atoms with E-state index in [0.29, 0.717) is 6.61 Å². The van der Waals surface area contributed by atoms with Crippen molar-refractivity contribution in [2.75, 3.05) is 13.2 Å². The Kier molecular flexibility index (Phi) is 4.01. The molecule has 0 radical (unpaired) electrons. The van der Waals surface area contributed by atoms with Crippen LogP contribution in [0.25, 0.3) is 11.0 Å². The molecule has 2 rings (SSSR count). The summed E-state index contributed by atoms with van der Waals surface area (Å²) in [5, 5.41) is 0. The number of hydrogen-bond donors (Lipinski definition) is 1. The summed E-state index contributed by atoms with van der Waals surface area (Å²) < 4.78 is 5.47. The van der Waals surface area contributed by atoms with Gasteiger partial charge in [-0.15, -0.1) is 0 Å². The van der Waals surface area contributed by atoms with E-state index in [0.717, 1.165) is 29.6 Å². The molecule has 0 bridgehead atoms. The SMILES string of the molecule is CCCOCC(N)c1cccc2nccnc12. The number of ether oxygens (including phenoxy) is 1. The Hall–Kier alpha value is -1.52. The zero-order chi connectivity index (χ0) is 12.1. The van der Waals surface area contributed by atoms with E-state index in [1.165, 1.54) is 0 Å². The Morgan fingerprint density at radius 2 is 2.12 bits per heavy atom. The molecule has 0 aliphatic rings. The van der Waals surface area contributed by atoms with Crippen molar-refractivity contribution in [2.45, 2.75) is 19.4 Å². The molecule has 17 heavy (non-hydrogen) atoms. The van der Waals surface area contributed by atoms with Crippen LogP contribution in [0, 0.1) is 0 Å². The van der Waals surface area contributed by atoms with Gasteiger partial charge in [0.15, 0.2) is 0 Å². The maximum atomic E-state index is 6.11. The van der Waals surface area contributed by atoms with E-state index < -0.39 is 0 Å². The minimum atomic E-state index is -0.151. The number of fused-ring (bicyclic) bond motifs is 1. The van der Waals surface area contributed by atoms with Gasteiger partial charge in [-0.2, -0.15) is 0 Å². The smallest absolute Gasteiger partial charge is 0.0935 e. The lowest BCUT2D eigenvalue weighted by Crippen LogP contribution is -2.18. The molecule has 0 fully saturated rings. The van der Waals surface area contributed by atoms with E-state index in [1.54, 1.807) is 12.4 Å². The van der Waals surface area contributed by atoms with Gasteiger partial charge >= 0.3 is 0 Å². The van der Waals surface area contributed by atoms with Crippen molar-refractivity contribution in [1.29, 1.82) is 0 Å². The molecule has 1 unspecified atom stereocenters. The minimum Gasteiger partial charge on any atom is -0.379 e. The molecule has 4 heteroatoms. The summed E-state index contributed by atoms with van der Waals surface area (Å²) in [6.07, 6.45) is 4.37. The van der Waals surface area contributed by atoms with Gasteiger partial charge < -0.3 is 10.5 Å². The molecular weight excluding hydrogens is 214 g/mol. The summed E-state index contributed by atoms with van der Waals surface area (Å²) in [6, 6.07) is 5.72. The zero-order valence-electron chi connectivity index (χ0n) is 9.97. The van der Waals surface area contributed by atoms with Gasteiger partial charge in [0.05, 0.1) is 23.7 Å². The van der Waals surface area contributed by atoms with E-state index in [2.05, 4.69) is 16.9 Å². The van der Waals surface area contributed by atoms with E-state index in [1.807, 2.05) is 18.2 Å². The number of para-hydroxylation sites is 1. The quantitative estimate of drug-likeness (QED) is 0.800. The molecule has 0 spiro atoms. The summed E-state index contributed by atoms with van der Waals surface area (Å²) in [5.41, 5.74) is 8.84. The number of nitrogens with two attached hydrogens (primary N) is 1. The topological polar surface area (TPSA) is 61.0 Å². The Bertz CT molecular complexity index is 482. The van der Waals surface area contributed by atoms with Crippen LogP contribution in [-0.4, -0.2) is 23.2 Å². The van der Waals surface area contributed by atoms with E-state index in [-0.39, 0.29) is 6.04 Å². The standard InChI is InChI=1S/C13H17N3O/c1-2-8-17-9-11(14)10-4-3-5-12-13(10)16-7-6-15-12/h3-7,11H,2,8-9,14H2,1H3. The Morgan fingerprint density at radius 3 is 2.94 bits per heavy atom. The summed E-state index contributed by atoms with van der Waals surface area (Å²) in [7, 11) is 0. The van der Waals surface area contributed by atoms with Crippen molar-refractivity contribution in [2.24, 2.45) is 5.73 Å². The fraction of sp³-hybridized carbons (Fsp3) is 0.385. The van der Waals surface area contributed by atoms with Gasteiger partial charge in [-0.05, 0) is 18.1 Å². The maximum absolute atomic E-state index is 6.11. The number of rotatable bonds is 5. The lowest BCUT2D eigenvalue weighted by atomic mass is 10.1. The van der Waals surface area contributed by atoms with Crippen LogP contribution < -0.4 is 5.73 Å². The van der Waals surface area contributed by atoms with Gasteiger partial charge in [-0.3, -0.25) is 9.97 Å². The highest BCUT2D eigenvalue weighted by molar-refractivity contribution is 5.77. The Morgan fingerprint density at radius 1 is 1.29 bits per heavy atom. The lowest BCUT2D eigenvalue weighted by molar-refractivity contribution is 0.122. The highest BCUT2D eigenvalue weighted by Gasteiger charge is 2.10. The van der Waals surface area contributed by atoms with Gasteiger partial charge in [-0.1, -0.05) is 19.1 Å². The second kappa shape index (κ2) is 5.70. The van der Waals surface area contributed by atoms with Crippen molar-refractivity contribution in [1.82, 2.24) is 9.97 Å². The molecule has 1 aromatic carbocycles. The van der Waals surface area contributed by atoms with Crippen molar-refractivity contribution in [3.63, 3.8) is 0 Å². The van der Waals surface area contributed by atoms with Gasteiger partial charge in [0.1, 0.15) is 0 Å². The van der Waals surface area contributed by atoms with Crippen molar-refractivity contribution in [3.8, 4) is 0 Å². The molecule has 2 aromatic rings. The fourth-order valence-electron chi connectivity index (χ4n) is 1.76. The van der Waals surface area contributed by atoms with Crippen LogP contribution in [0.2, 0.25) is 0 Å². The first-order valence-electron chi connectivity index (χ1n) is 5.86. The van der Waals surface area contributed by atoms with E-state index >= 15 is 0 Å². The van der Waals surface area contributed by atoms with Gasteiger partial charge in [0.2, 0.25) is 0 Å². The highest BCUT2D eigenvalue weighted by Crippen LogP contribution is 2.19. The molecule has 0 aliphatic carbocycles. The highest BCUT2D eigenvalue weighted by atomic mass is 16.5. The third kappa shape index (κ3) is 2.78. The summed E-state index contributed by atoms with van der Waals surface area (Å²) >= 11 is 0. The average molecular weight is 231 g/mol. The van der Waals surface area contributed by atoms with Gasteiger partial charge in [0.25, 0.3) is 0 Å². The van der Waals surface area contributed by atoms with Crippen LogP contribution in [0.1, 0.15) is 24.9 Å². The number of nitrogens with zero attached hydrogens (tertiary/aromatic N) is 2. The maximum Gasteiger partial charge on any atom is 0.0935 e. The molecule has 0 saturated carbocycles. The van der Waals surface area contributed by atoms with Crippen LogP contribution in [0.5, 0.6) is 0 Å². The normalized spacial score (nSPS) is 12.8. The molecule has 1 atom stereocenters. The van der Waals surface area contributed by atoms with Crippen molar-refractivity contribution < 1.29 is 4.74 Å². The van der Waals surface area contributed by atoms with Crippen molar-refractivity contribution in [3.05, 3.63) is 36.2 Å². The minimum absolute atomic E-state index is 0.151. The molecular formula is C13H17N3O. The lowest BCUT2D eigenvalue weighted by Gasteiger charge is -2.13. The molecule has 1 heterocycles. The predicted octanol–water partition coefficient (Wildman–Crippen LogP) is 2.06. The number of benzene rings is 1. The van der Waals surface area contributed by atoms with Crippen LogP contribution in [0.15, 0.2) is 30.6 Å². The first-order valence-corrected chi connectivity index (χ1v) is 5.86. The van der Waals surface area contributed by atoms with Crippen LogP contribution in [0.4, 0.5) is 0 Å². The molecule has 0 saturated heterocycles. The fourth-order valence-corrected chi connectivity index (χ4v) is 1.76. The number of aromatic nitrogens is 2. The molecule has 0 amide bonds. The third-order valence-electron chi connectivity index (χ3n) is 2.58. The second-order valence-corrected chi connectivity index (χ2v) is 3.95. The third-order valence-corrected chi connectivity index (χ3v) is 2.58. The first-order chi connectivity index (χ1) is 8.33. The molecule has 2 N–H and O–H groups in total. The van der Waals surface area contributed by atoms with Crippen LogP contribution in [0.3, 0.4) is 0 Å². The van der Waals surface area contributed by atoms with E-state index in [4.69, 9.17) is 10.5 Å². The van der Waals surface area contributed by atoms with Crippen LogP contribution in [-0.2, 0) is 4.74 Å². The summed E-state index contributed by atoms with van der Waals surface area (Å²) in [5.74, 6) is 0. The predicted molar refractivity (Wildman–Crippen MR) is 67.6 cm³/mol. The average Bonchev–Trinajstić information content (AvgIpc) is 2.38. The van der Waals surface area contributed by atoms with Crippen LogP contribution >= 0.6 is 0 Å². The Balaban J connectivity index is 2.22. The molecule has 0 aliphatic heterocycles.